The Morgan fingerprint density at radius 3 is 2.72 bits per heavy atom. The maximum atomic E-state index is 13.4. The standard InChI is InChI=1S/C25H24N6O7S/c1-13-27-22-16(25(34)31(13)19-5-6-20(32)28-23(19)33)3-2-4-18(22)30-39(35,36)15-11-17-21(14-7-9-37-10-8-14)29-38-24(17)26-12-15/h2-4,11-12,14,19H,5-10H2,1H3,(H2-,28,30,32,33,35,36). The summed E-state index contributed by atoms with van der Waals surface area (Å²) >= 11 is 0. The minimum atomic E-state index is -4.15. The number of ether oxygens (including phenoxy) is 1. The number of aromatic nitrogens is 4. The highest BCUT2D eigenvalue weighted by Crippen LogP contribution is 2.33. The average Bonchev–Trinajstić information content (AvgIpc) is 3.34. The number of fused-ring (bicyclic) bond motifs is 2. The Morgan fingerprint density at radius 2 is 1.95 bits per heavy atom. The number of imide groups is 1. The van der Waals surface area contributed by atoms with Gasteiger partial charge in [0.1, 0.15) is 23.1 Å². The first-order chi connectivity index (χ1) is 18.7. The Labute approximate surface area is 222 Å². The quantitative estimate of drug-likeness (QED) is 0.275. The first kappa shape index (κ1) is 25.3. The number of hydrogen-bond donors (Lipinski definition) is 2. The smallest absolute Gasteiger partial charge is 0.262 e. The molecule has 0 spiro atoms. The van der Waals surface area contributed by atoms with E-state index in [1.807, 2.05) is 0 Å². The van der Waals surface area contributed by atoms with Crippen molar-refractivity contribution < 1.29 is 27.6 Å². The van der Waals surface area contributed by atoms with Gasteiger partial charge in [0.2, 0.25) is 11.8 Å². The van der Waals surface area contributed by atoms with E-state index in [1.54, 1.807) is 6.92 Å². The van der Waals surface area contributed by atoms with Crippen molar-refractivity contribution in [2.75, 3.05) is 17.9 Å². The normalized spacial score (nSPS) is 20.2. The molecule has 5 heterocycles. The number of sulfonamides is 1. The van der Waals surface area contributed by atoms with Crippen molar-refractivity contribution in [3.63, 3.8) is 0 Å². The minimum Gasteiger partial charge on any atom is -0.588 e. The van der Waals surface area contributed by atoms with Crippen LogP contribution in [-0.2, 0) is 28.9 Å². The number of amides is 2. The lowest BCUT2D eigenvalue weighted by Crippen LogP contribution is -2.45. The summed E-state index contributed by atoms with van der Waals surface area (Å²) in [5.74, 6) is -0.691. The zero-order valence-corrected chi connectivity index (χ0v) is 21.7. The zero-order chi connectivity index (χ0) is 27.3. The van der Waals surface area contributed by atoms with Crippen molar-refractivity contribution >= 4 is 49.9 Å². The first-order valence-corrected chi connectivity index (χ1v) is 13.9. The monoisotopic (exact) mass is 552 g/mol. The summed E-state index contributed by atoms with van der Waals surface area (Å²) in [5.41, 5.74) is 0.607. The van der Waals surface area contributed by atoms with Gasteiger partial charge in [-0.25, -0.2) is 14.7 Å². The van der Waals surface area contributed by atoms with Gasteiger partial charge >= 0.3 is 0 Å². The summed E-state index contributed by atoms with van der Waals surface area (Å²) < 4.78 is 41.4. The lowest BCUT2D eigenvalue weighted by Gasteiger charge is -2.24. The van der Waals surface area contributed by atoms with Gasteiger partial charge in [0, 0.05) is 31.6 Å². The van der Waals surface area contributed by atoms with Crippen LogP contribution < -0.4 is 15.6 Å². The Kier molecular flexibility index (Phi) is 6.24. The minimum absolute atomic E-state index is 0.0736. The molecule has 3 aromatic heterocycles. The molecular weight excluding hydrogens is 528 g/mol. The number of hydrogen-bond acceptors (Lipinski definition) is 10. The van der Waals surface area contributed by atoms with E-state index in [0.717, 1.165) is 12.8 Å². The fraction of sp³-hybridized carbons (Fsp3) is 0.360. The molecule has 4 aromatic rings. The van der Waals surface area contributed by atoms with Gasteiger partial charge in [-0.15, -0.1) is 0 Å². The van der Waals surface area contributed by atoms with E-state index >= 15 is 0 Å². The SMILES string of the molecule is Cc1nc2c(N[S+](=O)([O-])c3cnc4onc(C5CCOCC5)c4c3)cccc2c(=O)n1C1CCC(=O)NC1=O. The number of carbonyl (C=O) groups is 2. The molecule has 0 radical (unpaired) electrons. The molecule has 202 valence electrons. The van der Waals surface area contributed by atoms with Crippen molar-refractivity contribution in [2.45, 2.75) is 49.5 Å². The van der Waals surface area contributed by atoms with Crippen LogP contribution in [0.2, 0.25) is 0 Å². The number of benzene rings is 1. The summed E-state index contributed by atoms with van der Waals surface area (Å²) in [6, 6.07) is 5.12. The third kappa shape index (κ3) is 4.49. The molecule has 6 rings (SSSR count). The van der Waals surface area contributed by atoms with Gasteiger partial charge in [-0.1, -0.05) is 15.4 Å². The molecule has 2 fully saturated rings. The van der Waals surface area contributed by atoms with Gasteiger partial charge in [-0.3, -0.25) is 24.3 Å². The molecule has 2 unspecified atom stereocenters. The molecule has 2 saturated heterocycles. The van der Waals surface area contributed by atoms with Crippen molar-refractivity contribution in [2.24, 2.45) is 0 Å². The van der Waals surface area contributed by atoms with Crippen LogP contribution in [-0.4, -0.2) is 49.3 Å². The number of piperidine rings is 1. The number of rotatable bonds is 5. The molecule has 2 atom stereocenters. The third-order valence-corrected chi connectivity index (χ3v) is 8.46. The van der Waals surface area contributed by atoms with E-state index in [1.165, 1.54) is 35.0 Å². The van der Waals surface area contributed by atoms with Crippen molar-refractivity contribution in [3.8, 4) is 0 Å². The highest BCUT2D eigenvalue weighted by atomic mass is 32.3. The van der Waals surface area contributed by atoms with Crippen LogP contribution in [0.1, 0.15) is 49.2 Å². The van der Waals surface area contributed by atoms with Gasteiger partial charge in [-0.2, -0.15) is 0 Å². The molecule has 14 heteroatoms. The summed E-state index contributed by atoms with van der Waals surface area (Å²) in [7, 11) is -4.15. The fourth-order valence-corrected chi connectivity index (χ4v) is 6.19. The second kappa shape index (κ2) is 9.63. The molecule has 2 amide bonds. The van der Waals surface area contributed by atoms with Crippen LogP contribution in [0.25, 0.3) is 22.0 Å². The molecule has 2 N–H and O–H groups in total. The van der Waals surface area contributed by atoms with E-state index < -0.39 is 33.8 Å². The molecule has 0 saturated carbocycles. The molecule has 39 heavy (non-hydrogen) atoms. The molecule has 2 aliphatic rings. The summed E-state index contributed by atoms with van der Waals surface area (Å²) in [6.07, 6.45) is 2.94. The highest BCUT2D eigenvalue weighted by Gasteiger charge is 2.32. The maximum Gasteiger partial charge on any atom is 0.262 e. The maximum absolute atomic E-state index is 13.4. The highest BCUT2D eigenvalue weighted by molar-refractivity contribution is 7.99. The summed E-state index contributed by atoms with van der Waals surface area (Å²) in [4.78, 5) is 45.9. The van der Waals surface area contributed by atoms with E-state index in [-0.39, 0.29) is 51.8 Å². The van der Waals surface area contributed by atoms with Crippen LogP contribution in [0.3, 0.4) is 0 Å². The lowest BCUT2D eigenvalue weighted by molar-refractivity contribution is -0.135. The van der Waals surface area contributed by atoms with Gasteiger partial charge in [0.25, 0.3) is 11.3 Å². The fourth-order valence-electron chi connectivity index (χ4n) is 5.15. The Morgan fingerprint density at radius 1 is 1.15 bits per heavy atom. The van der Waals surface area contributed by atoms with Gasteiger partial charge < -0.3 is 13.8 Å². The lowest BCUT2D eigenvalue weighted by atomic mass is 9.95. The largest absolute Gasteiger partial charge is 0.588 e. The topological polar surface area (TPSA) is 181 Å². The van der Waals surface area contributed by atoms with E-state index in [4.69, 9.17) is 9.26 Å². The molecule has 2 aliphatic heterocycles. The van der Waals surface area contributed by atoms with E-state index in [9.17, 15) is 23.1 Å². The first-order valence-electron chi connectivity index (χ1n) is 12.4. The van der Waals surface area contributed by atoms with Crippen LogP contribution in [0, 0.1) is 6.92 Å². The predicted octanol–water partition coefficient (Wildman–Crippen LogP) is 2.13. The predicted molar refractivity (Wildman–Crippen MR) is 137 cm³/mol. The van der Waals surface area contributed by atoms with Crippen LogP contribution in [0.4, 0.5) is 5.69 Å². The van der Waals surface area contributed by atoms with Gasteiger partial charge in [0.15, 0.2) is 15.3 Å². The number of nitrogens with one attached hydrogen (secondary N) is 2. The van der Waals surface area contributed by atoms with Crippen molar-refractivity contribution in [3.05, 3.63) is 52.3 Å². The number of carbonyl (C=O) groups excluding carboxylic acids is 2. The second-order valence-electron chi connectivity index (χ2n) is 9.59. The Hall–Kier alpha value is -4.01. The number of anilines is 1. The molecular formula is C25H24N6O7S. The number of pyridine rings is 1. The van der Waals surface area contributed by atoms with Crippen LogP contribution in [0.15, 0.2) is 44.7 Å². The van der Waals surface area contributed by atoms with Crippen LogP contribution in [0.5, 0.6) is 0 Å². The molecule has 13 nitrogen and oxygen atoms in total. The zero-order valence-electron chi connectivity index (χ0n) is 20.8. The Bertz CT molecular complexity index is 1740. The number of nitrogens with zero attached hydrogens (tertiary/aromatic N) is 4. The third-order valence-electron chi connectivity index (χ3n) is 7.12. The van der Waals surface area contributed by atoms with Gasteiger partial charge in [0.05, 0.1) is 22.7 Å². The van der Waals surface area contributed by atoms with Crippen molar-refractivity contribution in [1.29, 1.82) is 0 Å². The van der Waals surface area contributed by atoms with E-state index in [0.29, 0.717) is 24.3 Å². The summed E-state index contributed by atoms with van der Waals surface area (Å²) in [5, 5.41) is 7.03. The summed E-state index contributed by atoms with van der Waals surface area (Å²) in [6.45, 7) is 2.73. The Balaban J connectivity index is 1.36. The molecule has 0 bridgehead atoms. The second-order valence-corrected chi connectivity index (χ2v) is 11.3. The average molecular weight is 553 g/mol. The molecule has 0 aliphatic carbocycles. The number of para-hydroxylation sites is 1. The number of aryl methyl sites for hydroxylation is 1. The van der Waals surface area contributed by atoms with Crippen LogP contribution >= 0.6 is 0 Å². The van der Waals surface area contributed by atoms with E-state index in [2.05, 4.69) is 25.2 Å². The van der Waals surface area contributed by atoms with Gasteiger partial charge in [-0.05, 0) is 38.3 Å². The molecule has 1 aromatic carbocycles. The van der Waals surface area contributed by atoms with Crippen molar-refractivity contribution in [1.82, 2.24) is 25.0 Å².